The Labute approximate surface area is 159 Å². The molecule has 0 aliphatic carbocycles. The summed E-state index contributed by atoms with van der Waals surface area (Å²) in [5.74, 6) is 1.27. The van der Waals surface area contributed by atoms with Crippen LogP contribution in [0.1, 0.15) is 32.9 Å². The first kappa shape index (κ1) is 19.3. The van der Waals surface area contributed by atoms with Crippen LogP contribution in [0.15, 0.2) is 30.5 Å². The zero-order valence-corrected chi connectivity index (χ0v) is 16.1. The third kappa shape index (κ3) is 4.64. The molecule has 1 aliphatic heterocycles. The van der Waals surface area contributed by atoms with Crippen LogP contribution in [0.2, 0.25) is 0 Å². The average Bonchev–Trinajstić information content (AvgIpc) is 3.27. The summed E-state index contributed by atoms with van der Waals surface area (Å²) in [5, 5.41) is 19.8. The molecule has 2 amide bonds. The predicted octanol–water partition coefficient (Wildman–Crippen LogP) is 1.75. The topological polar surface area (TPSA) is 95.3 Å². The van der Waals surface area contributed by atoms with Crippen LogP contribution in [-0.4, -0.2) is 63.1 Å². The zero-order valence-electron chi connectivity index (χ0n) is 16.1. The fourth-order valence-corrected chi connectivity index (χ4v) is 3.06. The minimum atomic E-state index is -0.152. The number of hydrogen-bond donors (Lipinski definition) is 3. The number of carbonyl (C=O) groups excluding carboxylic acids is 1. The lowest BCUT2D eigenvalue weighted by Gasteiger charge is -2.18. The van der Waals surface area contributed by atoms with Gasteiger partial charge in [-0.15, -0.1) is 0 Å². The second-order valence-electron chi connectivity index (χ2n) is 7.80. The van der Waals surface area contributed by atoms with Crippen molar-refractivity contribution in [3.63, 3.8) is 0 Å². The molecule has 8 heteroatoms. The van der Waals surface area contributed by atoms with Crippen molar-refractivity contribution in [1.82, 2.24) is 25.0 Å². The first-order valence-corrected chi connectivity index (χ1v) is 9.30. The lowest BCUT2D eigenvalue weighted by atomic mass is 9.92. The van der Waals surface area contributed by atoms with Crippen molar-refractivity contribution in [1.29, 1.82) is 0 Å². The van der Waals surface area contributed by atoms with E-state index in [9.17, 15) is 4.79 Å². The maximum atomic E-state index is 12.8. The van der Waals surface area contributed by atoms with Gasteiger partial charge in [-0.2, -0.15) is 9.78 Å². The number of likely N-dealkylation sites (tertiary alicyclic amines) is 1. The summed E-state index contributed by atoms with van der Waals surface area (Å²) in [5.41, 5.74) is 0.735. The standard InChI is InChI=1S/C19H28N6O2/c1-19(2,3)15-12-17(25(23-15)16-6-4-5-8-21-16)22-18(27)24-10-7-14(13-24)20-9-11-26/h4-6,8,12,14,20,26H,7,9-11,13H2,1-3H3,(H,22,27). The molecule has 1 saturated heterocycles. The van der Waals surface area contributed by atoms with Crippen molar-refractivity contribution in [2.75, 3.05) is 31.6 Å². The van der Waals surface area contributed by atoms with Crippen molar-refractivity contribution in [3.8, 4) is 5.82 Å². The fraction of sp³-hybridized carbons (Fsp3) is 0.526. The Morgan fingerprint density at radius 2 is 2.19 bits per heavy atom. The molecule has 1 atom stereocenters. The van der Waals surface area contributed by atoms with Crippen molar-refractivity contribution in [2.24, 2.45) is 0 Å². The molecular weight excluding hydrogens is 344 g/mol. The number of nitrogens with zero attached hydrogens (tertiary/aromatic N) is 4. The largest absolute Gasteiger partial charge is 0.395 e. The average molecular weight is 372 g/mol. The Morgan fingerprint density at radius 3 is 2.85 bits per heavy atom. The second kappa shape index (κ2) is 8.06. The minimum absolute atomic E-state index is 0.0987. The van der Waals surface area contributed by atoms with Gasteiger partial charge in [0.1, 0.15) is 5.82 Å². The van der Waals surface area contributed by atoms with E-state index >= 15 is 0 Å². The molecule has 27 heavy (non-hydrogen) atoms. The number of carbonyl (C=O) groups is 1. The van der Waals surface area contributed by atoms with Crippen LogP contribution in [0.5, 0.6) is 0 Å². The molecule has 0 saturated carbocycles. The van der Waals surface area contributed by atoms with Crippen molar-refractivity contribution < 1.29 is 9.90 Å². The van der Waals surface area contributed by atoms with Crippen LogP contribution in [0.4, 0.5) is 10.6 Å². The molecule has 0 aromatic carbocycles. The third-order valence-electron chi connectivity index (χ3n) is 4.60. The van der Waals surface area contributed by atoms with Gasteiger partial charge in [0, 0.05) is 43.4 Å². The van der Waals surface area contributed by atoms with Gasteiger partial charge in [-0.3, -0.25) is 5.32 Å². The van der Waals surface area contributed by atoms with Crippen molar-refractivity contribution in [3.05, 3.63) is 36.2 Å². The molecule has 0 radical (unpaired) electrons. The maximum absolute atomic E-state index is 12.8. The monoisotopic (exact) mass is 372 g/mol. The summed E-state index contributed by atoms with van der Waals surface area (Å²) >= 11 is 0. The smallest absolute Gasteiger partial charge is 0.323 e. The minimum Gasteiger partial charge on any atom is -0.395 e. The molecule has 0 spiro atoms. The van der Waals surface area contributed by atoms with Crippen molar-refractivity contribution >= 4 is 11.8 Å². The number of aliphatic hydroxyl groups excluding tert-OH is 1. The van der Waals surface area contributed by atoms with Crippen LogP contribution in [-0.2, 0) is 5.41 Å². The lowest BCUT2D eigenvalue weighted by Crippen LogP contribution is -2.38. The summed E-state index contributed by atoms with van der Waals surface area (Å²) in [6.07, 6.45) is 2.58. The van der Waals surface area contributed by atoms with Gasteiger partial charge in [0.15, 0.2) is 5.82 Å². The van der Waals surface area contributed by atoms with Gasteiger partial charge in [0.2, 0.25) is 0 Å². The number of anilines is 1. The molecule has 8 nitrogen and oxygen atoms in total. The summed E-state index contributed by atoms with van der Waals surface area (Å²) in [4.78, 5) is 18.9. The quantitative estimate of drug-likeness (QED) is 0.743. The number of aliphatic hydroxyl groups is 1. The summed E-state index contributed by atoms with van der Waals surface area (Å²) in [6.45, 7) is 8.20. The Hall–Kier alpha value is -2.45. The van der Waals surface area contributed by atoms with E-state index in [4.69, 9.17) is 5.11 Å². The molecule has 3 N–H and O–H groups in total. The van der Waals surface area contributed by atoms with Gasteiger partial charge < -0.3 is 15.3 Å². The highest BCUT2D eigenvalue weighted by atomic mass is 16.3. The van der Waals surface area contributed by atoms with E-state index < -0.39 is 0 Å². The number of amides is 2. The molecule has 2 aromatic heterocycles. The normalized spacial score (nSPS) is 17.3. The summed E-state index contributed by atoms with van der Waals surface area (Å²) in [7, 11) is 0. The highest BCUT2D eigenvalue weighted by Gasteiger charge is 2.27. The second-order valence-corrected chi connectivity index (χ2v) is 7.80. The third-order valence-corrected chi connectivity index (χ3v) is 4.60. The van der Waals surface area contributed by atoms with Gasteiger partial charge >= 0.3 is 6.03 Å². The fourth-order valence-electron chi connectivity index (χ4n) is 3.06. The lowest BCUT2D eigenvalue weighted by molar-refractivity contribution is 0.220. The SMILES string of the molecule is CC(C)(C)c1cc(NC(=O)N2CCC(NCCO)C2)n(-c2ccccn2)n1. The molecule has 2 aromatic rings. The van der Waals surface area contributed by atoms with Crippen LogP contribution in [0.25, 0.3) is 5.82 Å². The van der Waals surface area contributed by atoms with Crippen molar-refractivity contribution in [2.45, 2.75) is 38.6 Å². The van der Waals surface area contributed by atoms with Gasteiger partial charge in [0.25, 0.3) is 0 Å². The highest BCUT2D eigenvalue weighted by Crippen LogP contribution is 2.26. The Kier molecular flexibility index (Phi) is 5.76. The molecule has 1 fully saturated rings. The maximum Gasteiger partial charge on any atom is 0.323 e. The zero-order chi connectivity index (χ0) is 19.4. The van der Waals surface area contributed by atoms with E-state index in [1.165, 1.54) is 0 Å². The Balaban J connectivity index is 1.78. The van der Waals surface area contributed by atoms with Crippen LogP contribution >= 0.6 is 0 Å². The number of pyridine rings is 1. The van der Waals surface area contributed by atoms with Gasteiger partial charge in [-0.25, -0.2) is 9.78 Å². The van der Waals surface area contributed by atoms with E-state index in [-0.39, 0.29) is 24.1 Å². The highest BCUT2D eigenvalue weighted by molar-refractivity contribution is 5.89. The molecule has 0 bridgehead atoms. The van der Waals surface area contributed by atoms with Crippen LogP contribution < -0.4 is 10.6 Å². The number of urea groups is 1. The first-order valence-electron chi connectivity index (χ1n) is 9.30. The molecule has 146 valence electrons. The number of hydrogen-bond acceptors (Lipinski definition) is 5. The molecule has 3 heterocycles. The van der Waals surface area contributed by atoms with E-state index in [0.717, 1.165) is 12.1 Å². The van der Waals surface area contributed by atoms with Gasteiger partial charge in [0.05, 0.1) is 12.3 Å². The van der Waals surface area contributed by atoms with Crippen LogP contribution in [0.3, 0.4) is 0 Å². The summed E-state index contributed by atoms with van der Waals surface area (Å²) < 4.78 is 1.68. The first-order chi connectivity index (χ1) is 12.9. The van der Waals surface area contributed by atoms with E-state index in [1.807, 2.05) is 24.3 Å². The Morgan fingerprint density at radius 1 is 1.37 bits per heavy atom. The number of aromatic nitrogens is 3. The van der Waals surface area contributed by atoms with Gasteiger partial charge in [-0.05, 0) is 18.6 Å². The van der Waals surface area contributed by atoms with E-state index in [0.29, 0.717) is 31.3 Å². The molecule has 1 aliphatic rings. The number of nitrogens with one attached hydrogen (secondary N) is 2. The molecule has 1 unspecified atom stereocenters. The van der Waals surface area contributed by atoms with Gasteiger partial charge in [-0.1, -0.05) is 26.8 Å². The Bertz CT molecular complexity index is 768. The predicted molar refractivity (Wildman–Crippen MR) is 104 cm³/mol. The number of rotatable bonds is 5. The van der Waals surface area contributed by atoms with E-state index in [1.54, 1.807) is 15.8 Å². The molecule has 3 rings (SSSR count). The van der Waals surface area contributed by atoms with E-state index in [2.05, 4.69) is 41.5 Å². The van der Waals surface area contributed by atoms with Crippen LogP contribution in [0, 0.1) is 0 Å². The summed E-state index contributed by atoms with van der Waals surface area (Å²) in [6, 6.07) is 7.57. The molecular formula is C19H28N6O2.